The highest BCUT2D eigenvalue weighted by Crippen LogP contribution is 2.28. The molecule has 1 aromatic heterocycles. The smallest absolute Gasteiger partial charge is 0.169 e. The monoisotopic (exact) mass is 288 g/mol. The summed E-state index contributed by atoms with van der Waals surface area (Å²) in [5.74, 6) is 1.17. The highest BCUT2D eigenvalue weighted by atomic mass is 16.5. The third-order valence-corrected chi connectivity index (χ3v) is 3.24. The van der Waals surface area contributed by atoms with Gasteiger partial charge < -0.3 is 9.47 Å². The topological polar surface area (TPSA) is 53.4 Å². The molecule has 5 nitrogen and oxygen atoms in total. The second kappa shape index (κ2) is 6.43. The van der Waals surface area contributed by atoms with Crippen LogP contribution in [0, 0.1) is 0 Å². The van der Waals surface area contributed by atoms with E-state index < -0.39 is 0 Å². The van der Waals surface area contributed by atoms with Crippen LogP contribution in [0.3, 0.4) is 0 Å². The summed E-state index contributed by atoms with van der Waals surface area (Å²) in [7, 11) is 3.12. The van der Waals surface area contributed by atoms with Crippen LogP contribution in [0.1, 0.15) is 35.9 Å². The first-order valence-corrected chi connectivity index (χ1v) is 6.84. The van der Waals surface area contributed by atoms with Gasteiger partial charge in [0.05, 0.1) is 26.3 Å². The number of hydrogen-bond donors (Lipinski definition) is 0. The highest BCUT2D eigenvalue weighted by Gasteiger charge is 2.13. The molecule has 0 N–H and O–H groups in total. The van der Waals surface area contributed by atoms with Crippen molar-refractivity contribution in [2.75, 3.05) is 14.2 Å². The number of Topliss-reactive ketones (excluding diaryl/α,β-unsaturated/α-hetero) is 1. The number of nitrogens with zero attached hydrogens (tertiary/aromatic N) is 2. The average molecular weight is 288 g/mol. The lowest BCUT2D eigenvalue weighted by atomic mass is 10.1. The van der Waals surface area contributed by atoms with E-state index in [-0.39, 0.29) is 18.2 Å². The van der Waals surface area contributed by atoms with Gasteiger partial charge in [-0.3, -0.25) is 9.48 Å². The Morgan fingerprint density at radius 3 is 2.48 bits per heavy atom. The van der Waals surface area contributed by atoms with Crippen molar-refractivity contribution in [1.29, 1.82) is 0 Å². The number of carbonyl (C=O) groups excluding carboxylic acids is 1. The van der Waals surface area contributed by atoms with E-state index in [1.54, 1.807) is 32.4 Å². The molecule has 0 amide bonds. The van der Waals surface area contributed by atoms with Crippen LogP contribution in [-0.2, 0) is 6.42 Å². The molecule has 0 spiro atoms. The molecule has 5 heteroatoms. The van der Waals surface area contributed by atoms with E-state index >= 15 is 0 Å². The molecule has 0 fully saturated rings. The predicted octanol–water partition coefficient (Wildman–Crippen LogP) is 2.91. The lowest BCUT2D eigenvalue weighted by Gasteiger charge is -2.08. The minimum absolute atomic E-state index is 0.00459. The van der Waals surface area contributed by atoms with E-state index in [2.05, 4.69) is 5.10 Å². The molecule has 2 rings (SSSR count). The Kier molecular flexibility index (Phi) is 4.62. The van der Waals surface area contributed by atoms with E-state index in [1.165, 1.54) is 0 Å². The summed E-state index contributed by atoms with van der Waals surface area (Å²) in [4.78, 5) is 12.3. The molecule has 21 heavy (non-hydrogen) atoms. The quantitative estimate of drug-likeness (QED) is 0.767. The number of ether oxygens (including phenoxy) is 2. The molecular weight excluding hydrogens is 268 g/mol. The largest absolute Gasteiger partial charge is 0.493 e. The number of methoxy groups -OCH3 is 2. The number of benzene rings is 1. The molecule has 0 radical (unpaired) electrons. The molecular formula is C16H20N2O3. The zero-order valence-corrected chi connectivity index (χ0v) is 12.8. The highest BCUT2D eigenvalue weighted by molar-refractivity contribution is 5.97. The van der Waals surface area contributed by atoms with Crippen LogP contribution in [0.4, 0.5) is 0 Å². The van der Waals surface area contributed by atoms with Crippen molar-refractivity contribution in [3.8, 4) is 11.5 Å². The van der Waals surface area contributed by atoms with Crippen LogP contribution in [0.15, 0.2) is 30.5 Å². The maximum Gasteiger partial charge on any atom is 0.169 e. The van der Waals surface area contributed by atoms with Crippen LogP contribution in [0.5, 0.6) is 11.5 Å². The summed E-state index contributed by atoms with van der Waals surface area (Å²) >= 11 is 0. The normalized spacial score (nSPS) is 10.7. The molecule has 0 aliphatic rings. The minimum atomic E-state index is 0.00459. The first-order chi connectivity index (χ1) is 10.0. The van der Waals surface area contributed by atoms with E-state index in [0.29, 0.717) is 17.1 Å². The zero-order chi connectivity index (χ0) is 15.4. The van der Waals surface area contributed by atoms with Crippen molar-refractivity contribution in [2.45, 2.75) is 26.3 Å². The number of rotatable bonds is 6. The maximum absolute atomic E-state index is 12.3. The minimum Gasteiger partial charge on any atom is -0.493 e. The van der Waals surface area contributed by atoms with E-state index in [9.17, 15) is 4.79 Å². The molecule has 0 saturated heterocycles. The summed E-state index contributed by atoms with van der Waals surface area (Å²) in [5, 5.41) is 4.39. The van der Waals surface area contributed by atoms with E-state index in [1.807, 2.05) is 30.8 Å². The van der Waals surface area contributed by atoms with Crippen molar-refractivity contribution in [3.05, 3.63) is 41.7 Å². The van der Waals surface area contributed by atoms with Gasteiger partial charge in [0.25, 0.3) is 0 Å². The molecule has 0 aliphatic carbocycles. The van der Waals surface area contributed by atoms with Gasteiger partial charge in [-0.05, 0) is 38.1 Å². The summed E-state index contributed by atoms with van der Waals surface area (Å²) in [6.45, 7) is 4.10. The van der Waals surface area contributed by atoms with Crippen molar-refractivity contribution in [3.63, 3.8) is 0 Å². The summed E-state index contributed by atoms with van der Waals surface area (Å²) in [6.07, 6.45) is 2.16. The van der Waals surface area contributed by atoms with Crippen molar-refractivity contribution < 1.29 is 14.3 Å². The fourth-order valence-electron chi connectivity index (χ4n) is 2.04. The van der Waals surface area contributed by atoms with Crippen LogP contribution in [0.2, 0.25) is 0 Å². The molecule has 112 valence electrons. The lowest BCUT2D eigenvalue weighted by Crippen LogP contribution is -2.07. The first-order valence-electron chi connectivity index (χ1n) is 6.84. The van der Waals surface area contributed by atoms with Crippen molar-refractivity contribution >= 4 is 5.78 Å². The summed E-state index contributed by atoms with van der Waals surface area (Å²) in [5.41, 5.74) is 1.36. The Bertz CT molecular complexity index is 632. The van der Waals surface area contributed by atoms with Crippen LogP contribution < -0.4 is 9.47 Å². The Morgan fingerprint density at radius 2 is 1.90 bits per heavy atom. The number of carbonyl (C=O) groups is 1. The SMILES string of the molecule is COc1ccc(C(=O)Cc2ccn(C(C)C)n2)cc1OC. The van der Waals surface area contributed by atoms with Crippen molar-refractivity contribution in [1.82, 2.24) is 9.78 Å². The molecule has 1 heterocycles. The van der Waals surface area contributed by atoms with Crippen molar-refractivity contribution in [2.24, 2.45) is 0 Å². The third kappa shape index (κ3) is 3.42. The fraction of sp³-hybridized carbons (Fsp3) is 0.375. The second-order valence-electron chi connectivity index (χ2n) is 5.05. The zero-order valence-electron chi connectivity index (χ0n) is 12.8. The number of ketones is 1. The second-order valence-corrected chi connectivity index (χ2v) is 5.05. The van der Waals surface area contributed by atoms with Crippen LogP contribution in [-0.4, -0.2) is 29.8 Å². The maximum atomic E-state index is 12.3. The third-order valence-electron chi connectivity index (χ3n) is 3.24. The summed E-state index contributed by atoms with van der Waals surface area (Å²) in [6, 6.07) is 7.33. The number of hydrogen-bond acceptors (Lipinski definition) is 4. The van der Waals surface area contributed by atoms with Gasteiger partial charge in [0.2, 0.25) is 0 Å². The molecule has 0 atom stereocenters. The Hall–Kier alpha value is -2.30. The molecule has 0 bridgehead atoms. The molecule has 2 aromatic rings. The molecule has 0 aliphatic heterocycles. The Balaban J connectivity index is 2.16. The first kappa shape index (κ1) is 15.1. The van der Waals surface area contributed by atoms with Gasteiger partial charge in [0.15, 0.2) is 17.3 Å². The predicted molar refractivity (Wildman–Crippen MR) is 80.2 cm³/mol. The Morgan fingerprint density at radius 1 is 1.19 bits per heavy atom. The average Bonchev–Trinajstić information content (AvgIpc) is 2.95. The van der Waals surface area contributed by atoms with Gasteiger partial charge in [0.1, 0.15) is 0 Å². The van der Waals surface area contributed by atoms with E-state index in [0.717, 1.165) is 5.69 Å². The molecule has 0 saturated carbocycles. The fourth-order valence-corrected chi connectivity index (χ4v) is 2.04. The van der Waals surface area contributed by atoms with Gasteiger partial charge in [-0.15, -0.1) is 0 Å². The van der Waals surface area contributed by atoms with Gasteiger partial charge in [0, 0.05) is 17.8 Å². The Labute approximate surface area is 124 Å². The van der Waals surface area contributed by atoms with E-state index in [4.69, 9.17) is 9.47 Å². The van der Waals surface area contributed by atoms with Gasteiger partial charge in [-0.2, -0.15) is 5.10 Å². The molecule has 0 unspecified atom stereocenters. The van der Waals surface area contributed by atoms with Gasteiger partial charge in [-0.25, -0.2) is 0 Å². The molecule has 1 aromatic carbocycles. The van der Waals surface area contributed by atoms with Gasteiger partial charge >= 0.3 is 0 Å². The summed E-state index contributed by atoms with van der Waals surface area (Å²) < 4.78 is 12.2. The van der Waals surface area contributed by atoms with Crippen LogP contribution in [0.25, 0.3) is 0 Å². The van der Waals surface area contributed by atoms with Crippen LogP contribution >= 0.6 is 0 Å². The number of aromatic nitrogens is 2. The standard InChI is InChI=1S/C16H20N2O3/c1-11(2)18-8-7-13(17-18)10-14(19)12-5-6-15(20-3)16(9-12)21-4/h5-9,11H,10H2,1-4H3. The van der Waals surface area contributed by atoms with Gasteiger partial charge in [-0.1, -0.05) is 0 Å². The lowest BCUT2D eigenvalue weighted by molar-refractivity contribution is 0.0991.